The molecule has 0 amide bonds. The average molecular weight is 548 g/mol. The summed E-state index contributed by atoms with van der Waals surface area (Å²) in [6.07, 6.45) is 21.6. The number of ether oxygens (including phenoxy) is 4. The predicted octanol–water partition coefficient (Wildman–Crippen LogP) is 8.20. The maximum absolute atomic E-state index is 6.18. The third-order valence-electron chi connectivity index (χ3n) is 7.69. The fraction of sp³-hybridized carbons (Fsp3) is 0.824. The minimum atomic E-state index is -0.0175. The van der Waals surface area contributed by atoms with Crippen molar-refractivity contribution in [2.45, 2.75) is 122 Å². The molecule has 0 aliphatic carbocycles. The van der Waals surface area contributed by atoms with Gasteiger partial charge in [-0.15, -0.1) is 0 Å². The number of unbranched alkanes of at least 4 members (excludes halogenated alkanes) is 14. The van der Waals surface area contributed by atoms with Crippen LogP contribution in [0.5, 0.6) is 0 Å². The first-order chi connectivity index (χ1) is 19.4. The van der Waals surface area contributed by atoms with Crippen molar-refractivity contribution in [1.29, 1.82) is 0 Å². The first kappa shape index (κ1) is 34.2. The minimum absolute atomic E-state index is 0.0175. The highest BCUT2D eigenvalue weighted by Crippen LogP contribution is 2.13. The monoisotopic (exact) mass is 547 g/mol. The summed E-state index contributed by atoms with van der Waals surface area (Å²) in [6, 6.07) is 10.4. The van der Waals surface area contributed by atoms with Crippen molar-refractivity contribution in [2.75, 3.05) is 59.3 Å². The van der Waals surface area contributed by atoms with Crippen molar-refractivity contribution in [1.82, 2.24) is 4.90 Å². The molecule has 1 aromatic rings. The Morgan fingerprint density at radius 1 is 0.667 bits per heavy atom. The van der Waals surface area contributed by atoms with Crippen LogP contribution in [0.25, 0.3) is 0 Å². The SMILES string of the molecule is CCCCCCCCCCCCCCCCOCC(COCCCCN1CCOCC1)OCc1ccccc1. The fourth-order valence-electron chi connectivity index (χ4n) is 5.13. The predicted molar refractivity (Wildman–Crippen MR) is 163 cm³/mol. The van der Waals surface area contributed by atoms with E-state index in [9.17, 15) is 0 Å². The maximum Gasteiger partial charge on any atom is 0.105 e. The van der Waals surface area contributed by atoms with Gasteiger partial charge in [-0.3, -0.25) is 4.90 Å². The van der Waals surface area contributed by atoms with E-state index in [1.807, 2.05) is 6.07 Å². The molecule has 0 bridgehead atoms. The summed E-state index contributed by atoms with van der Waals surface area (Å²) in [5.74, 6) is 0. The summed E-state index contributed by atoms with van der Waals surface area (Å²) in [6.45, 7) is 10.7. The second-order valence-electron chi connectivity index (χ2n) is 11.3. The standard InChI is InChI=1S/C34H61NO4/c1-2-3-4-5-6-7-8-9-10-11-12-13-14-19-26-37-31-34(39-30-33-21-16-15-17-22-33)32-38-27-20-18-23-35-24-28-36-29-25-35/h15-17,21-22,34H,2-14,18-20,23-32H2,1H3. The second kappa shape index (κ2) is 26.0. The molecule has 0 saturated carbocycles. The van der Waals surface area contributed by atoms with Crippen molar-refractivity contribution in [2.24, 2.45) is 0 Å². The summed E-state index contributed by atoms with van der Waals surface area (Å²) >= 11 is 0. The van der Waals surface area contributed by atoms with Crippen LogP contribution in [0.2, 0.25) is 0 Å². The second-order valence-corrected chi connectivity index (χ2v) is 11.3. The summed E-state index contributed by atoms with van der Waals surface area (Å²) in [5.41, 5.74) is 1.19. The summed E-state index contributed by atoms with van der Waals surface area (Å²) < 4.78 is 23.6. The van der Waals surface area contributed by atoms with E-state index in [2.05, 4.69) is 36.1 Å². The molecule has 1 aromatic carbocycles. The summed E-state index contributed by atoms with van der Waals surface area (Å²) in [4.78, 5) is 2.49. The molecule has 1 fully saturated rings. The Bertz CT molecular complexity index is 623. The third kappa shape index (κ3) is 20.5. The van der Waals surface area contributed by atoms with Gasteiger partial charge in [-0.05, 0) is 31.4 Å². The van der Waals surface area contributed by atoms with Gasteiger partial charge in [0.25, 0.3) is 0 Å². The van der Waals surface area contributed by atoms with E-state index in [0.717, 1.165) is 58.9 Å². The molecule has 39 heavy (non-hydrogen) atoms. The summed E-state index contributed by atoms with van der Waals surface area (Å²) in [7, 11) is 0. The molecule has 1 atom stereocenters. The van der Waals surface area contributed by atoms with Crippen LogP contribution in [0.4, 0.5) is 0 Å². The van der Waals surface area contributed by atoms with E-state index >= 15 is 0 Å². The number of rotatable bonds is 27. The van der Waals surface area contributed by atoms with Gasteiger partial charge in [-0.1, -0.05) is 121 Å². The van der Waals surface area contributed by atoms with Gasteiger partial charge >= 0.3 is 0 Å². The molecule has 0 radical (unpaired) electrons. The Morgan fingerprint density at radius 3 is 1.74 bits per heavy atom. The van der Waals surface area contributed by atoms with Crippen LogP contribution in [-0.2, 0) is 25.6 Å². The lowest BCUT2D eigenvalue weighted by Crippen LogP contribution is -2.36. The molecule has 5 nitrogen and oxygen atoms in total. The van der Waals surface area contributed by atoms with E-state index in [1.54, 1.807) is 0 Å². The Labute approximate surface area is 241 Å². The van der Waals surface area contributed by atoms with Crippen molar-refractivity contribution >= 4 is 0 Å². The molecule has 0 aromatic heterocycles. The first-order valence-corrected chi connectivity index (χ1v) is 16.5. The van der Waals surface area contributed by atoms with Crippen LogP contribution in [0.3, 0.4) is 0 Å². The lowest BCUT2D eigenvalue weighted by atomic mass is 10.0. The summed E-state index contributed by atoms with van der Waals surface area (Å²) in [5, 5.41) is 0. The smallest absolute Gasteiger partial charge is 0.105 e. The number of hydrogen-bond donors (Lipinski definition) is 0. The van der Waals surface area contributed by atoms with Crippen LogP contribution in [0.1, 0.15) is 115 Å². The van der Waals surface area contributed by atoms with Gasteiger partial charge in [0.05, 0.1) is 33.0 Å². The number of nitrogens with zero attached hydrogens (tertiary/aromatic N) is 1. The van der Waals surface area contributed by atoms with Crippen LogP contribution in [0.15, 0.2) is 30.3 Å². The molecular formula is C34H61NO4. The van der Waals surface area contributed by atoms with Gasteiger partial charge in [0.2, 0.25) is 0 Å². The van der Waals surface area contributed by atoms with Gasteiger partial charge in [0, 0.05) is 26.3 Å². The van der Waals surface area contributed by atoms with Crippen molar-refractivity contribution in [3.05, 3.63) is 35.9 Å². The van der Waals surface area contributed by atoms with Crippen molar-refractivity contribution in [3.63, 3.8) is 0 Å². The third-order valence-corrected chi connectivity index (χ3v) is 7.69. The van der Waals surface area contributed by atoms with E-state index in [0.29, 0.717) is 19.8 Å². The molecule has 0 N–H and O–H groups in total. The zero-order valence-electron chi connectivity index (χ0n) is 25.4. The molecule has 1 heterocycles. The number of morpholine rings is 1. The molecular weight excluding hydrogens is 486 g/mol. The van der Waals surface area contributed by atoms with E-state index in [4.69, 9.17) is 18.9 Å². The first-order valence-electron chi connectivity index (χ1n) is 16.5. The largest absolute Gasteiger partial charge is 0.379 e. The molecule has 0 spiro atoms. The molecule has 1 aliphatic heterocycles. The van der Waals surface area contributed by atoms with Gasteiger partial charge in [-0.2, -0.15) is 0 Å². The van der Waals surface area contributed by atoms with E-state index < -0.39 is 0 Å². The van der Waals surface area contributed by atoms with Crippen LogP contribution in [-0.4, -0.2) is 70.3 Å². The zero-order chi connectivity index (χ0) is 27.5. The normalized spacial score (nSPS) is 15.1. The highest BCUT2D eigenvalue weighted by Gasteiger charge is 2.12. The van der Waals surface area contributed by atoms with E-state index in [1.165, 1.54) is 95.5 Å². The van der Waals surface area contributed by atoms with E-state index in [-0.39, 0.29) is 6.10 Å². The minimum Gasteiger partial charge on any atom is -0.379 e. The average Bonchev–Trinajstić information content (AvgIpc) is 2.98. The molecule has 5 heteroatoms. The topological polar surface area (TPSA) is 40.2 Å². The quantitative estimate of drug-likeness (QED) is 0.104. The van der Waals surface area contributed by atoms with Gasteiger partial charge < -0.3 is 18.9 Å². The van der Waals surface area contributed by atoms with Crippen molar-refractivity contribution in [3.8, 4) is 0 Å². The molecule has 1 saturated heterocycles. The zero-order valence-corrected chi connectivity index (χ0v) is 25.4. The van der Waals surface area contributed by atoms with Gasteiger partial charge in [0.15, 0.2) is 0 Å². The lowest BCUT2D eigenvalue weighted by Gasteiger charge is -2.26. The highest BCUT2D eigenvalue weighted by molar-refractivity contribution is 5.13. The van der Waals surface area contributed by atoms with Crippen molar-refractivity contribution < 1.29 is 18.9 Å². The van der Waals surface area contributed by atoms with Crippen LogP contribution in [0, 0.1) is 0 Å². The van der Waals surface area contributed by atoms with Gasteiger partial charge in [0.1, 0.15) is 6.10 Å². The molecule has 1 aliphatic rings. The Kier molecular flexibility index (Phi) is 22.8. The highest BCUT2D eigenvalue weighted by atomic mass is 16.6. The molecule has 2 rings (SSSR count). The maximum atomic E-state index is 6.18. The Balaban J connectivity index is 1.45. The van der Waals surface area contributed by atoms with Crippen LogP contribution >= 0.6 is 0 Å². The molecule has 1 unspecified atom stereocenters. The molecule has 226 valence electrons. The lowest BCUT2D eigenvalue weighted by molar-refractivity contribution is -0.0675. The Morgan fingerprint density at radius 2 is 1.18 bits per heavy atom. The van der Waals surface area contributed by atoms with Gasteiger partial charge in [-0.25, -0.2) is 0 Å². The number of hydrogen-bond acceptors (Lipinski definition) is 5. The Hall–Kier alpha value is -0.980. The fourth-order valence-corrected chi connectivity index (χ4v) is 5.13. The van der Waals surface area contributed by atoms with Crippen LogP contribution < -0.4 is 0 Å². The number of benzene rings is 1.